The normalized spacial score (nSPS) is 9.95. The third kappa shape index (κ3) is 3.34. The molecule has 3 heteroatoms. The lowest BCUT2D eigenvalue weighted by molar-refractivity contribution is 0.276. The highest BCUT2D eigenvalue weighted by molar-refractivity contribution is 5.40. The molecule has 0 heterocycles. The Kier molecular flexibility index (Phi) is 4.17. The van der Waals surface area contributed by atoms with E-state index in [4.69, 9.17) is 10.00 Å². The number of nitriles is 1. The maximum atomic E-state index is 9.32. The Morgan fingerprint density at radius 3 is 2.53 bits per heavy atom. The lowest BCUT2D eigenvalue weighted by Crippen LogP contribution is -1.93. The number of aryl methyl sites for hydroxylation is 1. The minimum absolute atomic E-state index is 0.0521. The molecule has 0 bridgehead atoms. The molecule has 19 heavy (non-hydrogen) atoms. The fraction of sp³-hybridized carbons (Fsp3) is 0.188. The van der Waals surface area contributed by atoms with Crippen molar-refractivity contribution < 1.29 is 9.84 Å². The predicted octanol–water partition coefficient (Wildman–Crippen LogP) is 3.35. The number of aliphatic hydroxyl groups is 1. The molecule has 1 N–H and O–H groups in total. The van der Waals surface area contributed by atoms with Crippen molar-refractivity contribution in [3.05, 3.63) is 59.2 Å². The van der Waals surface area contributed by atoms with Crippen LogP contribution in [0.2, 0.25) is 0 Å². The Morgan fingerprint density at radius 1 is 1.16 bits per heavy atom. The first-order valence-electron chi connectivity index (χ1n) is 6.07. The zero-order valence-corrected chi connectivity index (χ0v) is 10.8. The van der Waals surface area contributed by atoms with E-state index < -0.39 is 0 Å². The molecule has 2 rings (SSSR count). The van der Waals surface area contributed by atoms with Crippen molar-refractivity contribution in [2.45, 2.75) is 20.0 Å². The first-order chi connectivity index (χ1) is 9.22. The zero-order chi connectivity index (χ0) is 13.7. The average molecular weight is 253 g/mol. The molecular weight excluding hydrogens is 238 g/mol. The summed E-state index contributed by atoms with van der Waals surface area (Å²) < 4.78 is 5.75. The number of benzene rings is 2. The molecule has 0 unspecified atom stereocenters. The summed E-state index contributed by atoms with van der Waals surface area (Å²) in [7, 11) is 0. The molecule has 0 aliphatic carbocycles. The molecule has 96 valence electrons. The summed E-state index contributed by atoms with van der Waals surface area (Å²) >= 11 is 0. The second-order valence-corrected chi connectivity index (χ2v) is 4.35. The molecule has 0 saturated heterocycles. The van der Waals surface area contributed by atoms with Crippen LogP contribution in [0.4, 0.5) is 0 Å². The van der Waals surface area contributed by atoms with Crippen LogP contribution >= 0.6 is 0 Å². The molecular formula is C16H15NO2. The second-order valence-electron chi connectivity index (χ2n) is 4.35. The Morgan fingerprint density at radius 2 is 1.89 bits per heavy atom. The maximum Gasteiger partial charge on any atom is 0.132 e. The van der Waals surface area contributed by atoms with Crippen LogP contribution in [0.5, 0.6) is 11.5 Å². The third-order valence-electron chi connectivity index (χ3n) is 2.82. The fourth-order valence-corrected chi connectivity index (χ4v) is 1.82. The van der Waals surface area contributed by atoms with Gasteiger partial charge in [-0.2, -0.15) is 5.26 Å². The zero-order valence-electron chi connectivity index (χ0n) is 10.8. The Bertz CT molecular complexity index is 597. The van der Waals surface area contributed by atoms with Crippen molar-refractivity contribution in [3.8, 4) is 17.6 Å². The highest BCUT2D eigenvalue weighted by atomic mass is 16.5. The number of nitrogens with zero attached hydrogens (tertiary/aromatic N) is 1. The molecule has 0 atom stereocenters. The molecule has 0 radical (unpaired) electrons. The highest BCUT2D eigenvalue weighted by Crippen LogP contribution is 2.26. The van der Waals surface area contributed by atoms with Gasteiger partial charge >= 0.3 is 0 Å². The van der Waals surface area contributed by atoms with Crippen LogP contribution in [-0.2, 0) is 13.0 Å². The molecule has 0 amide bonds. The SMILES string of the molecule is Cc1ccc(Oc2ccc(CC#N)cc2)c(CO)c1. The van der Waals surface area contributed by atoms with E-state index in [0.717, 1.165) is 16.7 Å². The number of rotatable bonds is 4. The smallest absolute Gasteiger partial charge is 0.132 e. The van der Waals surface area contributed by atoms with E-state index in [2.05, 4.69) is 6.07 Å². The van der Waals surface area contributed by atoms with Crippen molar-refractivity contribution >= 4 is 0 Å². The van der Waals surface area contributed by atoms with Crippen LogP contribution in [-0.4, -0.2) is 5.11 Å². The van der Waals surface area contributed by atoms with Gasteiger partial charge in [0.25, 0.3) is 0 Å². The molecule has 0 spiro atoms. The molecule has 2 aromatic rings. The van der Waals surface area contributed by atoms with E-state index >= 15 is 0 Å². The monoisotopic (exact) mass is 253 g/mol. The number of aliphatic hydroxyl groups excluding tert-OH is 1. The van der Waals surface area contributed by atoms with E-state index in [1.807, 2.05) is 49.4 Å². The van der Waals surface area contributed by atoms with Gasteiger partial charge in [0.1, 0.15) is 11.5 Å². The van der Waals surface area contributed by atoms with Gasteiger partial charge in [0.05, 0.1) is 19.1 Å². The largest absolute Gasteiger partial charge is 0.457 e. The Hall–Kier alpha value is -2.31. The average Bonchev–Trinajstić information content (AvgIpc) is 2.43. The predicted molar refractivity (Wildman–Crippen MR) is 72.9 cm³/mol. The van der Waals surface area contributed by atoms with Crippen LogP contribution in [0.25, 0.3) is 0 Å². The van der Waals surface area contributed by atoms with Crippen molar-refractivity contribution in [2.24, 2.45) is 0 Å². The standard InChI is InChI=1S/C16H15NO2/c1-12-2-7-16(14(10-12)11-18)19-15-5-3-13(4-6-15)8-9-17/h2-7,10,18H,8,11H2,1H3. The van der Waals surface area contributed by atoms with Crippen molar-refractivity contribution in [2.75, 3.05) is 0 Å². The minimum atomic E-state index is -0.0521. The van der Waals surface area contributed by atoms with Gasteiger partial charge < -0.3 is 9.84 Å². The molecule has 0 aromatic heterocycles. The van der Waals surface area contributed by atoms with E-state index in [1.54, 1.807) is 0 Å². The molecule has 0 fully saturated rings. The lowest BCUT2D eigenvalue weighted by Gasteiger charge is -2.10. The number of hydrogen-bond donors (Lipinski definition) is 1. The highest BCUT2D eigenvalue weighted by Gasteiger charge is 2.04. The van der Waals surface area contributed by atoms with E-state index in [-0.39, 0.29) is 6.61 Å². The topological polar surface area (TPSA) is 53.2 Å². The molecule has 2 aromatic carbocycles. The summed E-state index contributed by atoms with van der Waals surface area (Å²) in [5.74, 6) is 1.35. The van der Waals surface area contributed by atoms with Crippen LogP contribution in [0.15, 0.2) is 42.5 Å². The van der Waals surface area contributed by atoms with Crippen LogP contribution < -0.4 is 4.74 Å². The number of hydrogen-bond acceptors (Lipinski definition) is 3. The fourth-order valence-electron chi connectivity index (χ4n) is 1.82. The maximum absolute atomic E-state index is 9.32. The summed E-state index contributed by atoms with van der Waals surface area (Å²) in [6, 6.07) is 15.2. The molecule has 0 saturated carbocycles. The lowest BCUT2D eigenvalue weighted by atomic mass is 10.1. The van der Waals surface area contributed by atoms with Crippen LogP contribution in [0.3, 0.4) is 0 Å². The van der Waals surface area contributed by atoms with Gasteiger partial charge in [0, 0.05) is 5.56 Å². The van der Waals surface area contributed by atoms with Gasteiger partial charge in [-0.15, -0.1) is 0 Å². The van der Waals surface area contributed by atoms with Crippen molar-refractivity contribution in [3.63, 3.8) is 0 Å². The number of ether oxygens (including phenoxy) is 1. The Balaban J connectivity index is 2.19. The summed E-state index contributed by atoms with van der Waals surface area (Å²) in [6.07, 6.45) is 0.396. The van der Waals surface area contributed by atoms with Gasteiger partial charge in [0.15, 0.2) is 0 Å². The quantitative estimate of drug-likeness (QED) is 0.909. The van der Waals surface area contributed by atoms with Gasteiger partial charge in [-0.3, -0.25) is 0 Å². The summed E-state index contributed by atoms with van der Waals surface area (Å²) in [6.45, 7) is 1.92. The van der Waals surface area contributed by atoms with E-state index in [1.165, 1.54) is 0 Å². The summed E-state index contributed by atoms with van der Waals surface area (Å²) in [4.78, 5) is 0. The molecule has 3 nitrogen and oxygen atoms in total. The first-order valence-corrected chi connectivity index (χ1v) is 6.07. The van der Waals surface area contributed by atoms with Gasteiger partial charge in [-0.05, 0) is 30.7 Å². The molecule has 0 aliphatic rings. The van der Waals surface area contributed by atoms with Gasteiger partial charge in [-0.25, -0.2) is 0 Å². The van der Waals surface area contributed by atoms with Crippen LogP contribution in [0.1, 0.15) is 16.7 Å². The van der Waals surface area contributed by atoms with Gasteiger partial charge in [0.2, 0.25) is 0 Å². The van der Waals surface area contributed by atoms with E-state index in [0.29, 0.717) is 17.9 Å². The van der Waals surface area contributed by atoms with Gasteiger partial charge in [-0.1, -0.05) is 29.8 Å². The third-order valence-corrected chi connectivity index (χ3v) is 2.82. The van der Waals surface area contributed by atoms with Crippen LogP contribution in [0, 0.1) is 18.3 Å². The van der Waals surface area contributed by atoms with E-state index in [9.17, 15) is 5.11 Å². The summed E-state index contributed by atoms with van der Waals surface area (Å²) in [5, 5.41) is 17.9. The first kappa shape index (κ1) is 13.1. The van der Waals surface area contributed by atoms with Crippen molar-refractivity contribution in [1.82, 2.24) is 0 Å². The van der Waals surface area contributed by atoms with Crippen molar-refractivity contribution in [1.29, 1.82) is 5.26 Å². The summed E-state index contributed by atoms with van der Waals surface area (Å²) in [5.41, 5.74) is 2.81. The minimum Gasteiger partial charge on any atom is -0.457 e. The Labute approximate surface area is 112 Å². The molecule has 0 aliphatic heterocycles. The second kappa shape index (κ2) is 6.03.